The Morgan fingerprint density at radius 3 is 2.09 bits per heavy atom. The second-order valence-corrected chi connectivity index (χ2v) is 24.7. The number of ether oxygens (including phenoxy) is 4. The van der Waals surface area contributed by atoms with Crippen LogP contribution in [0, 0.1) is 12.7 Å². The normalized spacial score (nSPS) is 17.9. The molecule has 2 aromatic carbocycles. The first-order chi connectivity index (χ1) is 43.5. The molecule has 31 heteroatoms. The number of rotatable bonds is 23. The van der Waals surface area contributed by atoms with Crippen LogP contribution < -0.4 is 32.1 Å². The average Bonchev–Trinajstić information content (AvgIpc) is 1.63. The maximum Gasteiger partial charge on any atom is 0.418 e. The molecule has 7 N–H and O–H groups in total. The Morgan fingerprint density at radius 1 is 0.839 bits per heavy atom. The molecule has 0 saturated carbocycles. The molecular weight excluding hydrogens is 1230 g/mol. The van der Waals surface area contributed by atoms with Gasteiger partial charge in [0.15, 0.2) is 11.7 Å². The lowest BCUT2D eigenvalue weighted by Crippen LogP contribution is -2.57. The zero-order valence-corrected chi connectivity index (χ0v) is 52.3. The number of hydrogen-bond acceptors (Lipinski definition) is 19. The number of carbonyl (C=O) groups is 10. The summed E-state index contributed by atoms with van der Waals surface area (Å²) in [5.41, 5.74) is -2.51. The number of aromatic nitrogens is 2. The van der Waals surface area contributed by atoms with E-state index in [0.29, 0.717) is 32.5 Å². The molecule has 4 aromatic rings. The molecule has 0 saturated heterocycles. The molecule has 1 unspecified atom stereocenters. The number of benzene rings is 2. The second kappa shape index (κ2) is 27.6. The second-order valence-electron chi connectivity index (χ2n) is 24.7. The molecule has 5 heterocycles. The van der Waals surface area contributed by atoms with E-state index in [2.05, 4.69) is 26.6 Å². The fourth-order valence-electron chi connectivity index (χ4n) is 11.4. The third kappa shape index (κ3) is 15.7. The van der Waals surface area contributed by atoms with Crippen LogP contribution in [0.25, 0.3) is 22.3 Å². The summed E-state index contributed by atoms with van der Waals surface area (Å²) in [5.74, 6) is -9.56. The van der Waals surface area contributed by atoms with Gasteiger partial charge in [-0.25, -0.2) is 19.0 Å². The number of cyclic esters (lactones) is 1. The number of likely N-dealkylation sites (N-methyl/N-ethyl adjacent to an activating group) is 1. The summed E-state index contributed by atoms with van der Waals surface area (Å²) >= 11 is 0. The standard InChI is InChI=1S/C62H72F4N10O17/c1-10-61(89)36-21-41-51-34(26-75(41)55(85)35(36)29-90-57(61)87)50-40(17-16-33-31(2)37(63)22-38(72-51)49(33)50)73(9)56(86)52(62(64,65)66)91-30-70-44(78)24-68-53(83)39(20-32-14-12-11-13-15-32)71-45(79)25-67-43(77)23-69-54(84)42(76-46(80)18-19-47(76)81)27-74(58(88)93-60(6,7)8)28-48(82)92-59(3,4)5/h11-15,18-19,21-22,39-40,42,52,56,86,89H,10,16-17,20,23-30H2,1-9H3,(H,67,77)(H,68,83)(H,69,84)(H,70,78)(H,71,79)/t39-,40-,42+,52-,56?,61-/m0/s1. The molecule has 0 radical (unpaired) electrons. The van der Waals surface area contributed by atoms with Gasteiger partial charge in [0, 0.05) is 47.2 Å². The highest BCUT2D eigenvalue weighted by Crippen LogP contribution is 2.48. The van der Waals surface area contributed by atoms with Crippen LogP contribution in [-0.4, -0.2) is 182 Å². The summed E-state index contributed by atoms with van der Waals surface area (Å²) in [6, 6.07) is 6.43. The molecule has 0 fully saturated rings. The van der Waals surface area contributed by atoms with Crippen LogP contribution >= 0.6 is 0 Å². The summed E-state index contributed by atoms with van der Waals surface area (Å²) in [7, 11) is 1.21. The van der Waals surface area contributed by atoms with Gasteiger partial charge in [0.2, 0.25) is 29.5 Å². The van der Waals surface area contributed by atoms with Crippen molar-refractivity contribution in [3.8, 4) is 11.4 Å². The molecule has 4 aliphatic rings. The number of pyridine rings is 2. The lowest BCUT2D eigenvalue weighted by Gasteiger charge is -2.40. The first-order valence-electron chi connectivity index (χ1n) is 29.6. The van der Waals surface area contributed by atoms with Crippen LogP contribution in [0.5, 0.6) is 0 Å². The van der Waals surface area contributed by atoms with Gasteiger partial charge in [-0.05, 0) is 103 Å². The van der Waals surface area contributed by atoms with Gasteiger partial charge in [-0.3, -0.25) is 57.9 Å². The first-order valence-corrected chi connectivity index (χ1v) is 29.6. The van der Waals surface area contributed by atoms with Crippen molar-refractivity contribution in [3.05, 3.63) is 110 Å². The minimum absolute atomic E-state index is 0.00211. The fraction of sp³-hybridized carbons (Fsp3) is 0.484. The van der Waals surface area contributed by atoms with Crippen molar-refractivity contribution in [2.75, 3.05) is 46.5 Å². The van der Waals surface area contributed by atoms with E-state index in [1.54, 1.807) is 58.0 Å². The molecule has 0 bridgehead atoms. The molecule has 27 nitrogen and oxygen atoms in total. The molecule has 8 rings (SSSR count). The van der Waals surface area contributed by atoms with Crippen molar-refractivity contribution >= 4 is 70.3 Å². The van der Waals surface area contributed by atoms with Gasteiger partial charge in [0.05, 0.1) is 55.2 Å². The number of halogens is 4. The smallest absolute Gasteiger partial charge is 0.418 e. The minimum atomic E-state index is -5.28. The average molecular weight is 1310 g/mol. The summed E-state index contributed by atoms with van der Waals surface area (Å²) in [5, 5.41) is 34.8. The van der Waals surface area contributed by atoms with Gasteiger partial charge in [-0.2, -0.15) is 13.2 Å². The van der Waals surface area contributed by atoms with Gasteiger partial charge < -0.3 is 60.3 Å². The van der Waals surface area contributed by atoms with Crippen LogP contribution in [0.4, 0.5) is 22.4 Å². The molecular formula is C62H72F4N10O17. The quantitative estimate of drug-likeness (QED) is 0.0161. The molecule has 2 aromatic heterocycles. The highest BCUT2D eigenvalue weighted by Gasteiger charge is 2.50. The number of carbonyl (C=O) groups excluding carboxylic acids is 10. The Kier molecular flexibility index (Phi) is 20.6. The third-order valence-electron chi connectivity index (χ3n) is 15.9. The van der Waals surface area contributed by atoms with E-state index < -0.39 is 170 Å². The zero-order valence-electron chi connectivity index (χ0n) is 52.3. The number of amides is 8. The van der Waals surface area contributed by atoms with Gasteiger partial charge in [0.25, 0.3) is 17.4 Å². The predicted molar refractivity (Wildman–Crippen MR) is 318 cm³/mol. The Labute approximate surface area is 529 Å². The molecule has 500 valence electrons. The van der Waals surface area contributed by atoms with Crippen LogP contribution in [0.2, 0.25) is 0 Å². The van der Waals surface area contributed by atoms with Crippen molar-refractivity contribution in [2.45, 2.75) is 148 Å². The number of hydrogen-bond donors (Lipinski definition) is 7. The van der Waals surface area contributed by atoms with E-state index in [4.69, 9.17) is 23.9 Å². The number of esters is 2. The Hall–Kier alpha value is -9.20. The maximum atomic E-state index is 15.6. The summed E-state index contributed by atoms with van der Waals surface area (Å²) < 4.78 is 83.0. The van der Waals surface area contributed by atoms with Crippen molar-refractivity contribution in [1.82, 2.24) is 50.8 Å². The van der Waals surface area contributed by atoms with Gasteiger partial charge in [0.1, 0.15) is 55.2 Å². The van der Waals surface area contributed by atoms with Gasteiger partial charge in [-0.1, -0.05) is 37.3 Å². The van der Waals surface area contributed by atoms with Gasteiger partial charge >= 0.3 is 24.2 Å². The fourth-order valence-corrected chi connectivity index (χ4v) is 11.4. The van der Waals surface area contributed by atoms with Crippen LogP contribution in [0.15, 0.2) is 59.4 Å². The summed E-state index contributed by atoms with van der Waals surface area (Å²) in [4.78, 5) is 153. The van der Waals surface area contributed by atoms with Gasteiger partial charge in [-0.15, -0.1) is 0 Å². The lowest BCUT2D eigenvalue weighted by atomic mass is 9.81. The highest BCUT2D eigenvalue weighted by atomic mass is 19.4. The van der Waals surface area contributed by atoms with E-state index in [-0.39, 0.29) is 65.8 Å². The molecule has 0 spiro atoms. The topological polar surface area (TPSA) is 353 Å². The van der Waals surface area contributed by atoms with Crippen LogP contribution in [0.3, 0.4) is 0 Å². The number of aliphatic hydroxyl groups excluding tert-OH is 1. The Balaban J connectivity index is 0.892. The van der Waals surface area contributed by atoms with Crippen molar-refractivity contribution < 1.29 is 94.7 Å². The SMILES string of the molecule is CC[C@@]1(O)C(=O)OCc2c1cc1n(c2=O)Cc2c-1nc1cc(F)c(C)c3c1c2[C@@H](N(C)C(O)[C@H](OCNC(=O)CNC(=O)[C@H](Cc1ccccc1)NC(=O)CNC(=O)CNC(=O)[C@@H](CN(CC(=O)OC(C)(C)C)C(=O)OC(C)(C)C)N1C(=O)C=CC1=O)C(F)(F)F)CC3. The molecule has 8 amide bonds. The Bertz CT molecular complexity index is 3750. The number of nitrogens with one attached hydrogen (secondary N) is 5. The third-order valence-corrected chi connectivity index (χ3v) is 15.9. The minimum Gasteiger partial charge on any atom is -0.459 e. The van der Waals surface area contributed by atoms with E-state index in [1.807, 2.05) is 0 Å². The van der Waals surface area contributed by atoms with Crippen molar-refractivity contribution in [1.29, 1.82) is 0 Å². The predicted octanol–water partition coefficient (Wildman–Crippen LogP) is 1.73. The summed E-state index contributed by atoms with van der Waals surface area (Å²) in [6.07, 6.45) is -10.3. The van der Waals surface area contributed by atoms with E-state index in [0.717, 1.165) is 28.0 Å². The number of aryl methyl sites for hydroxylation is 1. The maximum absolute atomic E-state index is 15.6. The van der Waals surface area contributed by atoms with Crippen LogP contribution in [-0.2, 0) is 93.7 Å². The largest absolute Gasteiger partial charge is 0.459 e. The van der Waals surface area contributed by atoms with Crippen molar-refractivity contribution in [2.24, 2.45) is 0 Å². The molecule has 1 aliphatic carbocycles. The number of fused-ring (bicyclic) bond motifs is 5. The monoisotopic (exact) mass is 1300 g/mol. The lowest BCUT2D eigenvalue weighted by molar-refractivity contribution is -0.270. The molecule has 93 heavy (non-hydrogen) atoms. The number of aliphatic hydroxyl groups is 2. The van der Waals surface area contributed by atoms with Crippen LogP contribution in [0.1, 0.15) is 106 Å². The van der Waals surface area contributed by atoms with Crippen molar-refractivity contribution in [3.63, 3.8) is 0 Å². The Morgan fingerprint density at radius 2 is 1.46 bits per heavy atom. The molecule has 3 aliphatic heterocycles. The number of imide groups is 1. The van der Waals surface area contributed by atoms with E-state index in [9.17, 15) is 63.0 Å². The highest BCUT2D eigenvalue weighted by molar-refractivity contribution is 6.15. The number of nitrogens with zero attached hydrogens (tertiary/aromatic N) is 5. The first kappa shape index (κ1) is 69.7. The number of alkyl halides is 3. The zero-order chi connectivity index (χ0) is 68.4. The molecule has 6 atom stereocenters. The van der Waals surface area contributed by atoms with E-state index in [1.165, 1.54) is 45.4 Å². The van der Waals surface area contributed by atoms with E-state index >= 15 is 17.6 Å². The summed E-state index contributed by atoms with van der Waals surface area (Å²) in [6.45, 7) is 6.46.